The summed E-state index contributed by atoms with van der Waals surface area (Å²) >= 11 is 0. The quantitative estimate of drug-likeness (QED) is 0.906. The molecule has 19 heavy (non-hydrogen) atoms. The maximum Gasteiger partial charge on any atom is 0.226 e. The minimum Gasteiger partial charge on any atom is -0.342 e. The summed E-state index contributed by atoms with van der Waals surface area (Å²) in [5.41, 5.74) is 8.22. The molecular formula is C16H24N2O. The van der Waals surface area contributed by atoms with Gasteiger partial charge in [-0.3, -0.25) is 4.79 Å². The van der Waals surface area contributed by atoms with E-state index in [-0.39, 0.29) is 5.91 Å². The number of benzene rings is 1. The average Bonchev–Trinajstić information content (AvgIpc) is 2.39. The molecule has 3 heteroatoms. The summed E-state index contributed by atoms with van der Waals surface area (Å²) in [5.74, 6) is 0.214. The Labute approximate surface area is 115 Å². The maximum absolute atomic E-state index is 12.3. The summed E-state index contributed by atoms with van der Waals surface area (Å²) in [5, 5.41) is 0. The second kappa shape index (κ2) is 6.20. The number of aryl methyl sites for hydroxylation is 1. The van der Waals surface area contributed by atoms with Crippen LogP contribution in [0.5, 0.6) is 0 Å². The molecule has 0 heterocycles. The lowest BCUT2D eigenvalue weighted by Crippen LogP contribution is -2.42. The van der Waals surface area contributed by atoms with Gasteiger partial charge in [0.1, 0.15) is 0 Å². The first-order chi connectivity index (χ1) is 9.06. The SMILES string of the molecule is Cc1cccc(CC(=O)N(C)C2CCC(N)CC2)c1. The molecule has 1 amide bonds. The van der Waals surface area contributed by atoms with E-state index in [1.807, 2.05) is 24.1 Å². The monoisotopic (exact) mass is 260 g/mol. The second-order valence-corrected chi connectivity index (χ2v) is 5.74. The molecule has 1 aromatic carbocycles. The summed E-state index contributed by atoms with van der Waals surface area (Å²) in [6, 6.07) is 8.88. The van der Waals surface area contributed by atoms with E-state index in [4.69, 9.17) is 5.73 Å². The van der Waals surface area contributed by atoms with Gasteiger partial charge < -0.3 is 10.6 Å². The van der Waals surface area contributed by atoms with Crippen molar-refractivity contribution in [3.8, 4) is 0 Å². The molecule has 1 fully saturated rings. The number of nitrogens with two attached hydrogens (primary N) is 1. The minimum absolute atomic E-state index is 0.214. The molecular weight excluding hydrogens is 236 g/mol. The van der Waals surface area contributed by atoms with Crippen molar-refractivity contribution in [2.45, 2.75) is 51.1 Å². The normalized spacial score (nSPS) is 23.1. The largest absolute Gasteiger partial charge is 0.342 e. The van der Waals surface area contributed by atoms with Crippen LogP contribution in [0.3, 0.4) is 0 Å². The van der Waals surface area contributed by atoms with Gasteiger partial charge in [0, 0.05) is 19.1 Å². The minimum atomic E-state index is 0.214. The van der Waals surface area contributed by atoms with E-state index >= 15 is 0 Å². The Balaban J connectivity index is 1.92. The van der Waals surface area contributed by atoms with Gasteiger partial charge in [-0.05, 0) is 38.2 Å². The second-order valence-electron chi connectivity index (χ2n) is 5.74. The van der Waals surface area contributed by atoms with Gasteiger partial charge in [0.15, 0.2) is 0 Å². The molecule has 3 nitrogen and oxygen atoms in total. The van der Waals surface area contributed by atoms with Crippen LogP contribution in [0, 0.1) is 6.92 Å². The Morgan fingerprint density at radius 1 is 1.32 bits per heavy atom. The Morgan fingerprint density at radius 3 is 2.63 bits per heavy atom. The molecule has 2 N–H and O–H groups in total. The van der Waals surface area contributed by atoms with Crippen LogP contribution in [0.25, 0.3) is 0 Å². The van der Waals surface area contributed by atoms with Gasteiger partial charge >= 0.3 is 0 Å². The Hall–Kier alpha value is -1.35. The molecule has 1 aromatic rings. The Kier molecular flexibility index (Phi) is 4.59. The van der Waals surface area contributed by atoms with Crippen molar-refractivity contribution in [3.63, 3.8) is 0 Å². The van der Waals surface area contributed by atoms with Gasteiger partial charge in [0.25, 0.3) is 0 Å². The van der Waals surface area contributed by atoms with Crippen molar-refractivity contribution >= 4 is 5.91 Å². The number of amides is 1. The smallest absolute Gasteiger partial charge is 0.226 e. The van der Waals surface area contributed by atoms with Crippen molar-refractivity contribution in [1.82, 2.24) is 4.90 Å². The number of likely N-dealkylation sites (N-methyl/N-ethyl adjacent to an activating group) is 1. The van der Waals surface area contributed by atoms with Crippen molar-refractivity contribution in [2.75, 3.05) is 7.05 Å². The number of nitrogens with zero attached hydrogens (tertiary/aromatic N) is 1. The van der Waals surface area contributed by atoms with Crippen LogP contribution in [0.15, 0.2) is 24.3 Å². The third-order valence-electron chi connectivity index (χ3n) is 4.12. The fourth-order valence-corrected chi connectivity index (χ4v) is 2.81. The highest BCUT2D eigenvalue weighted by atomic mass is 16.2. The van der Waals surface area contributed by atoms with Gasteiger partial charge in [-0.2, -0.15) is 0 Å². The molecule has 0 radical (unpaired) electrons. The zero-order valence-electron chi connectivity index (χ0n) is 11.9. The lowest BCUT2D eigenvalue weighted by molar-refractivity contribution is -0.131. The van der Waals surface area contributed by atoms with Crippen LogP contribution in [0.1, 0.15) is 36.8 Å². The van der Waals surface area contributed by atoms with Crippen LogP contribution in [-0.4, -0.2) is 29.9 Å². The summed E-state index contributed by atoms with van der Waals surface area (Å²) in [4.78, 5) is 14.2. The highest BCUT2D eigenvalue weighted by molar-refractivity contribution is 5.78. The van der Waals surface area contributed by atoms with E-state index in [1.165, 1.54) is 5.56 Å². The molecule has 1 aliphatic rings. The summed E-state index contributed by atoms with van der Waals surface area (Å²) in [6.45, 7) is 2.06. The molecule has 0 bridgehead atoms. The van der Waals surface area contributed by atoms with Crippen molar-refractivity contribution in [3.05, 3.63) is 35.4 Å². The van der Waals surface area contributed by atoms with E-state index in [0.29, 0.717) is 18.5 Å². The van der Waals surface area contributed by atoms with Gasteiger partial charge in [-0.15, -0.1) is 0 Å². The lowest BCUT2D eigenvalue weighted by atomic mass is 9.90. The standard InChI is InChI=1S/C16H24N2O/c1-12-4-3-5-13(10-12)11-16(19)18(2)15-8-6-14(17)7-9-15/h3-5,10,14-15H,6-9,11,17H2,1-2H3. The number of hydrogen-bond donors (Lipinski definition) is 1. The van der Waals surface area contributed by atoms with Crippen LogP contribution in [0.4, 0.5) is 0 Å². The summed E-state index contributed by atoms with van der Waals surface area (Å²) < 4.78 is 0. The molecule has 2 rings (SSSR count). The van der Waals surface area contributed by atoms with Crippen molar-refractivity contribution < 1.29 is 4.79 Å². The number of carbonyl (C=O) groups excluding carboxylic acids is 1. The fourth-order valence-electron chi connectivity index (χ4n) is 2.81. The predicted octanol–water partition coefficient (Wildman–Crippen LogP) is 2.27. The van der Waals surface area contributed by atoms with Crippen LogP contribution in [0.2, 0.25) is 0 Å². The fraction of sp³-hybridized carbons (Fsp3) is 0.562. The molecule has 0 aromatic heterocycles. The molecule has 0 saturated heterocycles. The number of rotatable bonds is 3. The molecule has 1 aliphatic carbocycles. The number of carbonyl (C=O) groups is 1. The third kappa shape index (κ3) is 3.80. The van der Waals surface area contributed by atoms with E-state index in [0.717, 1.165) is 31.2 Å². The topological polar surface area (TPSA) is 46.3 Å². The lowest BCUT2D eigenvalue weighted by Gasteiger charge is -2.33. The highest BCUT2D eigenvalue weighted by Gasteiger charge is 2.24. The molecule has 1 saturated carbocycles. The highest BCUT2D eigenvalue weighted by Crippen LogP contribution is 2.21. The summed E-state index contributed by atoms with van der Waals surface area (Å²) in [7, 11) is 1.93. The van der Waals surface area contributed by atoms with Gasteiger partial charge in [-0.1, -0.05) is 29.8 Å². The van der Waals surface area contributed by atoms with E-state index < -0.39 is 0 Å². The first-order valence-corrected chi connectivity index (χ1v) is 7.13. The number of hydrogen-bond acceptors (Lipinski definition) is 2. The van der Waals surface area contributed by atoms with E-state index in [9.17, 15) is 4.79 Å². The van der Waals surface area contributed by atoms with Crippen LogP contribution >= 0.6 is 0 Å². The van der Waals surface area contributed by atoms with Gasteiger partial charge in [0.05, 0.1) is 6.42 Å². The first kappa shape index (κ1) is 14.1. The van der Waals surface area contributed by atoms with Crippen LogP contribution < -0.4 is 5.73 Å². The predicted molar refractivity (Wildman–Crippen MR) is 77.9 cm³/mol. The van der Waals surface area contributed by atoms with Gasteiger partial charge in [0.2, 0.25) is 5.91 Å². The Bertz CT molecular complexity index is 436. The van der Waals surface area contributed by atoms with E-state index in [2.05, 4.69) is 19.1 Å². The molecule has 104 valence electrons. The third-order valence-corrected chi connectivity index (χ3v) is 4.12. The zero-order valence-corrected chi connectivity index (χ0v) is 11.9. The molecule has 0 spiro atoms. The van der Waals surface area contributed by atoms with E-state index in [1.54, 1.807) is 0 Å². The Morgan fingerprint density at radius 2 is 2.00 bits per heavy atom. The molecule has 0 unspecified atom stereocenters. The molecule has 0 atom stereocenters. The summed E-state index contributed by atoms with van der Waals surface area (Å²) in [6.07, 6.45) is 4.65. The maximum atomic E-state index is 12.3. The van der Waals surface area contributed by atoms with Crippen LogP contribution in [-0.2, 0) is 11.2 Å². The first-order valence-electron chi connectivity index (χ1n) is 7.13. The van der Waals surface area contributed by atoms with Crippen molar-refractivity contribution in [2.24, 2.45) is 5.73 Å². The molecule has 0 aliphatic heterocycles. The zero-order chi connectivity index (χ0) is 13.8. The van der Waals surface area contributed by atoms with Gasteiger partial charge in [-0.25, -0.2) is 0 Å². The van der Waals surface area contributed by atoms with Crippen molar-refractivity contribution in [1.29, 1.82) is 0 Å². The average molecular weight is 260 g/mol.